The second kappa shape index (κ2) is 5.86. The summed E-state index contributed by atoms with van der Waals surface area (Å²) in [6, 6.07) is 7.86. The highest BCUT2D eigenvalue weighted by Gasteiger charge is 2.06. The third-order valence-corrected chi connectivity index (χ3v) is 2.39. The zero-order valence-electron chi connectivity index (χ0n) is 6.38. The first-order valence-electron chi connectivity index (χ1n) is 3.05. The Kier molecular flexibility index (Phi) is 5.55. The maximum absolute atomic E-state index is 10.6. The minimum Gasteiger partial charge on any atom is -0.207 e. The van der Waals surface area contributed by atoms with Crippen molar-refractivity contribution in [2.24, 2.45) is 0 Å². The molecule has 0 aliphatic heterocycles. The van der Waals surface area contributed by atoms with Crippen molar-refractivity contribution in [2.75, 3.05) is 0 Å². The predicted octanol–water partition coefficient (Wildman–Crippen LogP) is 2.01. The molecule has 0 saturated carbocycles. The fraction of sp³-hybridized carbons (Fsp3) is 0. The Morgan fingerprint density at radius 2 is 1.69 bits per heavy atom. The Morgan fingerprint density at radius 3 is 1.92 bits per heavy atom. The molecule has 0 heterocycles. The minimum atomic E-state index is -3.53. The molecule has 0 N–H and O–H groups in total. The highest BCUT2D eigenvalue weighted by molar-refractivity contribution is 8.13. The van der Waals surface area contributed by atoms with Crippen molar-refractivity contribution in [2.45, 2.75) is 4.90 Å². The molecule has 0 spiro atoms. The van der Waals surface area contributed by atoms with Crippen LogP contribution in [0.3, 0.4) is 0 Å². The molecule has 3 nitrogen and oxygen atoms in total. The molecule has 0 aromatic heterocycles. The first kappa shape index (κ1) is 12.3. The van der Waals surface area contributed by atoms with E-state index in [1.54, 1.807) is 18.2 Å². The van der Waals surface area contributed by atoms with Crippen molar-refractivity contribution >= 4 is 32.4 Å². The Hall–Kier alpha value is -0.700. The van der Waals surface area contributed by atoms with Crippen LogP contribution in [0.4, 0.5) is 0 Å². The molecular formula is C7H6ClNO2S2. The third-order valence-electron chi connectivity index (χ3n) is 1.02. The van der Waals surface area contributed by atoms with Crippen molar-refractivity contribution in [3.63, 3.8) is 0 Å². The lowest BCUT2D eigenvalue weighted by Gasteiger charge is -1.91. The first-order valence-corrected chi connectivity index (χ1v) is 5.81. The number of thiocyanates is 1. The van der Waals surface area contributed by atoms with E-state index in [-0.39, 0.29) is 4.90 Å². The number of nitriles is 1. The number of rotatable bonds is 1. The molecule has 0 radical (unpaired) electrons. The van der Waals surface area contributed by atoms with Gasteiger partial charge in [-0.25, -0.2) is 8.42 Å². The van der Waals surface area contributed by atoms with Crippen molar-refractivity contribution < 1.29 is 8.42 Å². The van der Waals surface area contributed by atoms with Gasteiger partial charge in [-0.15, -0.1) is 0 Å². The topological polar surface area (TPSA) is 57.9 Å². The third kappa shape index (κ3) is 5.53. The molecular weight excluding hydrogens is 230 g/mol. The van der Waals surface area contributed by atoms with E-state index in [2.05, 4.69) is 12.6 Å². The monoisotopic (exact) mass is 235 g/mol. The predicted molar refractivity (Wildman–Crippen MR) is 54.1 cm³/mol. The van der Waals surface area contributed by atoms with Gasteiger partial charge in [0.15, 0.2) is 0 Å². The summed E-state index contributed by atoms with van der Waals surface area (Å²) in [5.41, 5.74) is 0. The minimum absolute atomic E-state index is 0.136. The standard InChI is InChI=1S/C6H5ClO2S.CHNS/c7-10(8,9)6-4-2-1-3-5-6;2-1-3/h1-5H;3H. The molecule has 0 unspecified atom stereocenters. The molecule has 1 aromatic rings. The van der Waals surface area contributed by atoms with Gasteiger partial charge in [0.25, 0.3) is 9.05 Å². The van der Waals surface area contributed by atoms with Gasteiger partial charge < -0.3 is 0 Å². The first-order chi connectivity index (χ1) is 6.02. The van der Waals surface area contributed by atoms with E-state index < -0.39 is 9.05 Å². The lowest BCUT2D eigenvalue weighted by atomic mass is 10.4. The second-order valence-electron chi connectivity index (χ2n) is 1.85. The molecule has 13 heavy (non-hydrogen) atoms. The highest BCUT2D eigenvalue weighted by atomic mass is 35.7. The summed E-state index contributed by atoms with van der Waals surface area (Å²) in [4.78, 5) is 0.136. The molecule has 0 fully saturated rings. The van der Waals surface area contributed by atoms with Crippen LogP contribution in [0.2, 0.25) is 0 Å². The Balaban J connectivity index is 0.000000424. The van der Waals surface area contributed by atoms with E-state index in [0.717, 1.165) is 0 Å². The highest BCUT2D eigenvalue weighted by Crippen LogP contribution is 2.12. The molecule has 6 heteroatoms. The van der Waals surface area contributed by atoms with E-state index >= 15 is 0 Å². The summed E-state index contributed by atoms with van der Waals surface area (Å²) in [5.74, 6) is 0. The maximum Gasteiger partial charge on any atom is 0.261 e. The summed E-state index contributed by atoms with van der Waals surface area (Å²) in [6.45, 7) is 0. The van der Waals surface area contributed by atoms with Crippen molar-refractivity contribution in [3.05, 3.63) is 30.3 Å². The summed E-state index contributed by atoms with van der Waals surface area (Å²) >= 11 is 3.09. The summed E-state index contributed by atoms with van der Waals surface area (Å²) < 4.78 is 21.2. The van der Waals surface area contributed by atoms with Gasteiger partial charge in [-0.2, -0.15) is 5.26 Å². The van der Waals surface area contributed by atoms with Crippen LogP contribution in [0.1, 0.15) is 0 Å². The molecule has 1 rings (SSSR count). The number of hydrogen-bond donors (Lipinski definition) is 1. The fourth-order valence-electron chi connectivity index (χ4n) is 0.583. The largest absolute Gasteiger partial charge is 0.261 e. The number of halogens is 1. The van der Waals surface area contributed by atoms with E-state index in [0.29, 0.717) is 0 Å². The average Bonchev–Trinajstić information content (AvgIpc) is 2.06. The van der Waals surface area contributed by atoms with Gasteiger partial charge in [0.2, 0.25) is 0 Å². The van der Waals surface area contributed by atoms with E-state index in [9.17, 15) is 8.42 Å². The molecule has 0 aliphatic rings. The van der Waals surface area contributed by atoms with Gasteiger partial charge >= 0.3 is 0 Å². The Labute approximate surface area is 86.8 Å². The quantitative estimate of drug-likeness (QED) is 0.460. The molecule has 0 saturated heterocycles. The molecule has 70 valence electrons. The fourth-order valence-corrected chi connectivity index (χ4v) is 1.37. The van der Waals surface area contributed by atoms with Crippen molar-refractivity contribution in [1.29, 1.82) is 5.26 Å². The molecule has 0 amide bonds. The molecule has 0 bridgehead atoms. The van der Waals surface area contributed by atoms with Crippen LogP contribution < -0.4 is 0 Å². The van der Waals surface area contributed by atoms with E-state index in [4.69, 9.17) is 15.9 Å². The lowest BCUT2D eigenvalue weighted by Crippen LogP contribution is -1.87. The van der Waals surface area contributed by atoms with E-state index in [1.807, 2.05) is 0 Å². The number of nitrogens with zero attached hydrogens (tertiary/aromatic N) is 1. The maximum atomic E-state index is 10.6. The van der Waals surface area contributed by atoms with Crippen LogP contribution in [0.5, 0.6) is 0 Å². The molecule has 0 atom stereocenters. The number of hydrogen-bond acceptors (Lipinski definition) is 4. The van der Waals surface area contributed by atoms with E-state index in [1.165, 1.54) is 17.5 Å². The van der Waals surface area contributed by atoms with Gasteiger partial charge in [0, 0.05) is 10.7 Å². The van der Waals surface area contributed by atoms with Crippen LogP contribution >= 0.6 is 23.3 Å². The summed E-state index contributed by atoms with van der Waals surface area (Å²) in [6.07, 6.45) is 0. The summed E-state index contributed by atoms with van der Waals surface area (Å²) in [5, 5.41) is 8.63. The van der Waals surface area contributed by atoms with Crippen LogP contribution in [-0.2, 0) is 9.05 Å². The van der Waals surface area contributed by atoms with Gasteiger partial charge in [0.05, 0.1) is 4.90 Å². The van der Waals surface area contributed by atoms with Crippen molar-refractivity contribution in [3.8, 4) is 5.40 Å². The van der Waals surface area contributed by atoms with Gasteiger partial charge in [0.1, 0.15) is 5.40 Å². The van der Waals surface area contributed by atoms with Gasteiger partial charge in [-0.3, -0.25) is 0 Å². The zero-order valence-corrected chi connectivity index (χ0v) is 8.85. The lowest BCUT2D eigenvalue weighted by molar-refractivity contribution is 0.609. The van der Waals surface area contributed by atoms with Crippen LogP contribution in [0, 0.1) is 10.7 Å². The van der Waals surface area contributed by atoms with Crippen LogP contribution in [0.15, 0.2) is 35.2 Å². The normalized spacial score (nSPS) is 9.31. The zero-order chi connectivity index (χ0) is 10.3. The average molecular weight is 236 g/mol. The molecule has 0 aliphatic carbocycles. The van der Waals surface area contributed by atoms with Crippen molar-refractivity contribution in [1.82, 2.24) is 0 Å². The van der Waals surface area contributed by atoms with Gasteiger partial charge in [-0.1, -0.05) is 30.8 Å². The summed E-state index contributed by atoms with van der Waals surface area (Å²) in [7, 11) is 1.50. The van der Waals surface area contributed by atoms with Crippen LogP contribution in [-0.4, -0.2) is 8.42 Å². The number of benzene rings is 1. The smallest absolute Gasteiger partial charge is 0.207 e. The van der Waals surface area contributed by atoms with Crippen LogP contribution in [0.25, 0.3) is 0 Å². The number of thiol groups is 1. The molecule has 1 aromatic carbocycles. The second-order valence-corrected chi connectivity index (χ2v) is 4.62. The SMILES string of the molecule is N#CS.O=S(=O)(Cl)c1ccccc1. The Bertz CT molecular complexity index is 383. The van der Waals surface area contributed by atoms with Gasteiger partial charge in [-0.05, 0) is 12.1 Å². The Morgan fingerprint density at radius 1 is 1.31 bits per heavy atom.